The normalized spacial score (nSPS) is 12.2. The molecule has 15 heavy (non-hydrogen) atoms. The lowest BCUT2D eigenvalue weighted by atomic mass is 10.2. The number of rotatable bonds is 3. The van der Waals surface area contributed by atoms with Gasteiger partial charge >= 0.3 is 0 Å². The Morgan fingerprint density at radius 2 is 2.33 bits per heavy atom. The third-order valence-electron chi connectivity index (χ3n) is 1.93. The molecule has 4 N–H and O–H groups in total. The van der Waals surface area contributed by atoms with E-state index in [1.165, 1.54) is 6.07 Å². The largest absolute Gasteiger partial charge is 0.507 e. The van der Waals surface area contributed by atoms with Crippen LogP contribution in [0.15, 0.2) is 22.7 Å². The highest BCUT2D eigenvalue weighted by atomic mass is 79.9. The molecule has 0 saturated carbocycles. The maximum absolute atomic E-state index is 11.6. The molecule has 0 radical (unpaired) electrons. The molecule has 0 aliphatic carbocycles. The molecule has 1 rings (SSSR count). The molecule has 1 aromatic carbocycles. The van der Waals surface area contributed by atoms with Gasteiger partial charge < -0.3 is 16.2 Å². The fourth-order valence-corrected chi connectivity index (χ4v) is 1.41. The van der Waals surface area contributed by atoms with Gasteiger partial charge in [0.1, 0.15) is 5.75 Å². The number of amides is 1. The number of carbonyl (C=O) groups excluding carboxylic acids is 1. The molecule has 1 aromatic rings. The van der Waals surface area contributed by atoms with Crippen molar-refractivity contribution in [3.05, 3.63) is 28.2 Å². The molecule has 0 aliphatic rings. The Labute approximate surface area is 96.6 Å². The lowest BCUT2D eigenvalue weighted by Crippen LogP contribution is -2.37. The summed E-state index contributed by atoms with van der Waals surface area (Å²) in [4.78, 5) is 11.6. The Morgan fingerprint density at radius 3 is 2.93 bits per heavy atom. The lowest BCUT2D eigenvalue weighted by molar-refractivity contribution is 0.0938. The fourth-order valence-electron chi connectivity index (χ4n) is 1.05. The van der Waals surface area contributed by atoms with Gasteiger partial charge in [-0.15, -0.1) is 0 Å². The Morgan fingerprint density at radius 1 is 1.67 bits per heavy atom. The summed E-state index contributed by atoms with van der Waals surface area (Å²) in [6.07, 6.45) is 0. The summed E-state index contributed by atoms with van der Waals surface area (Å²) >= 11 is 3.23. The number of halogens is 1. The van der Waals surface area contributed by atoms with Crippen LogP contribution in [0, 0.1) is 0 Å². The van der Waals surface area contributed by atoms with Gasteiger partial charge in [-0.25, -0.2) is 0 Å². The smallest absolute Gasteiger partial charge is 0.255 e. The second kappa shape index (κ2) is 5.14. The minimum atomic E-state index is -0.327. The SMILES string of the molecule is C[C@H](CN)NC(=O)c1cc(Br)ccc1O. The van der Waals surface area contributed by atoms with Crippen LogP contribution in [-0.2, 0) is 0 Å². The number of benzene rings is 1. The molecule has 5 heteroatoms. The van der Waals surface area contributed by atoms with Crippen LogP contribution in [0.2, 0.25) is 0 Å². The van der Waals surface area contributed by atoms with Crippen LogP contribution in [-0.4, -0.2) is 23.6 Å². The molecule has 0 aliphatic heterocycles. The maximum Gasteiger partial charge on any atom is 0.255 e. The second-order valence-corrected chi connectivity index (χ2v) is 4.19. The van der Waals surface area contributed by atoms with E-state index >= 15 is 0 Å². The van der Waals surface area contributed by atoms with E-state index in [0.717, 1.165) is 4.47 Å². The van der Waals surface area contributed by atoms with Crippen molar-refractivity contribution in [3.63, 3.8) is 0 Å². The highest BCUT2D eigenvalue weighted by Gasteiger charge is 2.13. The molecule has 1 amide bonds. The summed E-state index contributed by atoms with van der Waals surface area (Å²) in [6, 6.07) is 4.58. The molecule has 1 atom stereocenters. The van der Waals surface area contributed by atoms with E-state index in [-0.39, 0.29) is 23.3 Å². The molecule has 0 bridgehead atoms. The minimum Gasteiger partial charge on any atom is -0.507 e. The van der Waals surface area contributed by atoms with Gasteiger partial charge in [-0.3, -0.25) is 4.79 Å². The summed E-state index contributed by atoms with van der Waals surface area (Å²) in [6.45, 7) is 2.16. The Hall–Kier alpha value is -1.07. The molecule has 0 fully saturated rings. The van der Waals surface area contributed by atoms with Gasteiger partial charge in [-0.05, 0) is 25.1 Å². The molecular weight excluding hydrogens is 260 g/mol. The van der Waals surface area contributed by atoms with Crippen LogP contribution in [0.25, 0.3) is 0 Å². The summed E-state index contributed by atoms with van der Waals surface area (Å²) in [5.41, 5.74) is 5.62. The number of aromatic hydroxyl groups is 1. The van der Waals surface area contributed by atoms with Crippen LogP contribution in [0.1, 0.15) is 17.3 Å². The summed E-state index contributed by atoms with van der Waals surface area (Å²) in [5.74, 6) is -0.369. The molecular formula is C10H13BrN2O2. The van der Waals surface area contributed by atoms with E-state index in [1.807, 2.05) is 0 Å². The van der Waals surface area contributed by atoms with Crippen LogP contribution < -0.4 is 11.1 Å². The van der Waals surface area contributed by atoms with Gasteiger partial charge in [0.25, 0.3) is 5.91 Å². The average molecular weight is 273 g/mol. The first-order valence-electron chi connectivity index (χ1n) is 4.54. The van der Waals surface area contributed by atoms with Gasteiger partial charge in [0.2, 0.25) is 0 Å². The number of nitrogens with one attached hydrogen (secondary N) is 1. The van der Waals surface area contributed by atoms with Crippen molar-refractivity contribution in [3.8, 4) is 5.75 Å². The molecule has 0 saturated heterocycles. The van der Waals surface area contributed by atoms with E-state index in [4.69, 9.17) is 5.73 Å². The number of hydrogen-bond donors (Lipinski definition) is 3. The standard InChI is InChI=1S/C10H13BrN2O2/c1-6(5-12)13-10(15)8-4-7(11)2-3-9(8)14/h2-4,6,14H,5,12H2,1H3,(H,13,15)/t6-/m1/s1. The van der Waals surface area contributed by atoms with Crippen molar-refractivity contribution in [1.82, 2.24) is 5.32 Å². The van der Waals surface area contributed by atoms with Crippen molar-refractivity contribution in [2.75, 3.05) is 6.54 Å². The second-order valence-electron chi connectivity index (χ2n) is 3.27. The van der Waals surface area contributed by atoms with E-state index in [9.17, 15) is 9.90 Å². The lowest BCUT2D eigenvalue weighted by Gasteiger charge is -2.12. The molecule has 0 unspecified atom stereocenters. The maximum atomic E-state index is 11.6. The quantitative estimate of drug-likeness (QED) is 0.775. The predicted molar refractivity (Wildman–Crippen MR) is 61.8 cm³/mol. The van der Waals surface area contributed by atoms with Crippen LogP contribution >= 0.6 is 15.9 Å². The number of phenolic OH excluding ortho intramolecular Hbond substituents is 1. The van der Waals surface area contributed by atoms with Gasteiger partial charge in [-0.2, -0.15) is 0 Å². The van der Waals surface area contributed by atoms with Crippen molar-refractivity contribution in [2.45, 2.75) is 13.0 Å². The highest BCUT2D eigenvalue weighted by molar-refractivity contribution is 9.10. The van der Waals surface area contributed by atoms with Gasteiger partial charge in [-0.1, -0.05) is 15.9 Å². The highest BCUT2D eigenvalue weighted by Crippen LogP contribution is 2.21. The molecule has 0 heterocycles. The summed E-state index contributed by atoms with van der Waals surface area (Å²) in [7, 11) is 0. The van der Waals surface area contributed by atoms with Gasteiger partial charge in [0.15, 0.2) is 0 Å². The first-order chi connectivity index (χ1) is 7.04. The van der Waals surface area contributed by atoms with Gasteiger partial charge in [0.05, 0.1) is 5.56 Å². The zero-order valence-corrected chi connectivity index (χ0v) is 9.91. The van der Waals surface area contributed by atoms with E-state index < -0.39 is 0 Å². The number of hydrogen-bond acceptors (Lipinski definition) is 3. The minimum absolute atomic E-state index is 0.0417. The topological polar surface area (TPSA) is 75.3 Å². The fraction of sp³-hybridized carbons (Fsp3) is 0.300. The van der Waals surface area contributed by atoms with Gasteiger partial charge in [0, 0.05) is 17.1 Å². The van der Waals surface area contributed by atoms with E-state index in [0.29, 0.717) is 6.54 Å². The van der Waals surface area contributed by atoms with Crippen molar-refractivity contribution in [2.24, 2.45) is 5.73 Å². The Kier molecular flexibility index (Phi) is 4.11. The first-order valence-corrected chi connectivity index (χ1v) is 5.33. The average Bonchev–Trinajstić information content (AvgIpc) is 2.21. The molecule has 0 spiro atoms. The third kappa shape index (κ3) is 3.21. The number of phenols is 1. The van der Waals surface area contributed by atoms with E-state index in [2.05, 4.69) is 21.2 Å². The van der Waals surface area contributed by atoms with Crippen LogP contribution in [0.5, 0.6) is 5.75 Å². The number of carbonyl (C=O) groups is 1. The van der Waals surface area contributed by atoms with Crippen molar-refractivity contribution < 1.29 is 9.90 Å². The molecule has 0 aromatic heterocycles. The van der Waals surface area contributed by atoms with Crippen molar-refractivity contribution >= 4 is 21.8 Å². The Balaban J connectivity index is 2.86. The first kappa shape index (κ1) is 12.0. The van der Waals surface area contributed by atoms with Crippen molar-refractivity contribution in [1.29, 1.82) is 0 Å². The third-order valence-corrected chi connectivity index (χ3v) is 2.43. The monoisotopic (exact) mass is 272 g/mol. The van der Waals surface area contributed by atoms with Crippen LogP contribution in [0.3, 0.4) is 0 Å². The molecule has 82 valence electrons. The van der Waals surface area contributed by atoms with E-state index in [1.54, 1.807) is 19.1 Å². The zero-order chi connectivity index (χ0) is 11.4. The number of nitrogens with two attached hydrogens (primary N) is 1. The Bertz CT molecular complexity index is 368. The van der Waals surface area contributed by atoms with Crippen LogP contribution in [0.4, 0.5) is 0 Å². The zero-order valence-electron chi connectivity index (χ0n) is 8.33. The summed E-state index contributed by atoms with van der Waals surface area (Å²) < 4.78 is 0.742. The predicted octanol–water partition coefficient (Wildman–Crippen LogP) is 1.23. The molecule has 4 nitrogen and oxygen atoms in total. The summed E-state index contributed by atoms with van der Waals surface area (Å²) in [5, 5.41) is 12.1.